The van der Waals surface area contributed by atoms with Crippen molar-refractivity contribution in [3.8, 4) is 0 Å². The quantitative estimate of drug-likeness (QED) is 0.00859. The van der Waals surface area contributed by atoms with Crippen LogP contribution in [0.25, 0.3) is 0 Å². The van der Waals surface area contributed by atoms with Gasteiger partial charge in [0.15, 0.2) is 6.10 Å². The molecule has 14 heteroatoms. The van der Waals surface area contributed by atoms with E-state index in [-0.39, 0.29) is 6.42 Å². The minimum absolute atomic E-state index is 0.147. The van der Waals surface area contributed by atoms with Crippen LogP contribution in [0.5, 0.6) is 0 Å². The highest BCUT2D eigenvalue weighted by Crippen LogP contribution is 2.47. The summed E-state index contributed by atoms with van der Waals surface area (Å²) in [5.41, 5.74) is 0. The fraction of sp³-hybridized carbons (Fsp3) is 0.822. The highest BCUT2D eigenvalue weighted by Gasteiger charge is 2.51. The predicted molar refractivity (Wildman–Crippen MR) is 230 cm³/mol. The van der Waals surface area contributed by atoms with Crippen LogP contribution in [0.1, 0.15) is 180 Å². The Morgan fingerprint density at radius 3 is 1.54 bits per heavy atom. The van der Waals surface area contributed by atoms with Crippen LogP contribution >= 0.6 is 7.82 Å². The van der Waals surface area contributed by atoms with E-state index < -0.39 is 75.7 Å². The molecule has 0 radical (unpaired) electrons. The summed E-state index contributed by atoms with van der Waals surface area (Å²) in [6.45, 7) is 4.73. The zero-order chi connectivity index (χ0) is 43.6. The maximum Gasteiger partial charge on any atom is 0.472 e. The molecule has 6 N–H and O–H groups in total. The Morgan fingerprint density at radius 2 is 1.05 bits per heavy atom. The molecule has 0 aromatic rings. The first-order valence-electron chi connectivity index (χ1n) is 22.8. The summed E-state index contributed by atoms with van der Waals surface area (Å²) in [6, 6.07) is 0. The number of carbonyl (C=O) groups excluding carboxylic acids is 2. The number of phosphoric acid groups is 1. The number of esters is 2. The van der Waals surface area contributed by atoms with Gasteiger partial charge in [0.25, 0.3) is 0 Å². The minimum atomic E-state index is -5.14. The average molecular weight is 861 g/mol. The Kier molecular flexibility index (Phi) is 33.3. The van der Waals surface area contributed by atoms with Crippen molar-refractivity contribution in [3.63, 3.8) is 0 Å². The normalized spacial score (nSPS) is 22.4. The summed E-state index contributed by atoms with van der Waals surface area (Å²) < 4.78 is 33.3. The van der Waals surface area contributed by atoms with E-state index in [1.165, 1.54) is 122 Å². The van der Waals surface area contributed by atoms with E-state index in [2.05, 4.69) is 13.5 Å². The standard InChI is InChI=1S/C45H81O13P/c1-3-5-7-9-11-13-15-17-19-21-23-25-27-29-31-33-38(46)55-35-37(36-56-59(53,54)58-45-43(51)41(49)40(48)42(50)44(45)52)57-39(47)34-32-30-28-26-24-22-20-18-16-14-12-10-8-6-4-2/h3,28,30,32,34,37,40-45,48-52H,1,4-27,29,31,33,35-36H2,2H3,(H,53,54)/b30-28+,34-32+/t37-,40?,41-,42?,43?,44?,45?/m1/s1. The van der Waals surface area contributed by atoms with Gasteiger partial charge in [-0.15, -0.1) is 6.58 Å². The van der Waals surface area contributed by atoms with Gasteiger partial charge in [-0.3, -0.25) is 13.8 Å². The van der Waals surface area contributed by atoms with Crippen LogP contribution in [-0.4, -0.2) is 98.3 Å². The molecule has 0 spiro atoms. The number of hydrogen-bond donors (Lipinski definition) is 6. The van der Waals surface area contributed by atoms with Crippen molar-refractivity contribution in [1.29, 1.82) is 0 Å². The summed E-state index contributed by atoms with van der Waals surface area (Å²) in [6.07, 6.45) is 25.9. The number of carbonyl (C=O) groups is 2. The van der Waals surface area contributed by atoms with Crippen LogP contribution in [0.3, 0.4) is 0 Å². The second kappa shape index (κ2) is 35.6. The van der Waals surface area contributed by atoms with Crippen LogP contribution in [0.4, 0.5) is 0 Å². The van der Waals surface area contributed by atoms with Gasteiger partial charge in [0.05, 0.1) is 6.61 Å². The second-order valence-electron chi connectivity index (χ2n) is 16.1. The first-order chi connectivity index (χ1) is 28.4. The summed E-state index contributed by atoms with van der Waals surface area (Å²) in [7, 11) is -5.14. The molecule has 8 atom stereocenters. The summed E-state index contributed by atoms with van der Waals surface area (Å²) in [5.74, 6) is -1.35. The number of ether oxygens (including phenoxy) is 2. The van der Waals surface area contributed by atoms with E-state index in [1.807, 2.05) is 12.2 Å². The predicted octanol–water partition coefficient (Wildman–Crippen LogP) is 8.61. The molecule has 344 valence electrons. The van der Waals surface area contributed by atoms with Gasteiger partial charge in [0.1, 0.15) is 43.2 Å². The highest BCUT2D eigenvalue weighted by molar-refractivity contribution is 7.47. The van der Waals surface area contributed by atoms with Crippen LogP contribution in [-0.2, 0) is 32.7 Å². The molecule has 0 bridgehead atoms. The summed E-state index contributed by atoms with van der Waals surface area (Å²) in [5, 5.41) is 50.1. The smallest absolute Gasteiger partial charge is 0.462 e. The van der Waals surface area contributed by atoms with Gasteiger partial charge in [-0.1, -0.05) is 166 Å². The highest BCUT2D eigenvalue weighted by atomic mass is 31.2. The Morgan fingerprint density at radius 1 is 0.610 bits per heavy atom. The van der Waals surface area contributed by atoms with Gasteiger partial charge in [0, 0.05) is 12.5 Å². The Balaban J connectivity index is 2.51. The van der Waals surface area contributed by atoms with E-state index in [4.69, 9.17) is 18.5 Å². The first kappa shape index (κ1) is 55.1. The summed E-state index contributed by atoms with van der Waals surface area (Å²) in [4.78, 5) is 35.5. The molecule has 1 saturated carbocycles. The van der Waals surface area contributed by atoms with Crippen molar-refractivity contribution in [2.75, 3.05) is 13.2 Å². The number of hydrogen-bond acceptors (Lipinski definition) is 12. The topological polar surface area (TPSA) is 210 Å². The van der Waals surface area contributed by atoms with Gasteiger partial charge < -0.3 is 39.9 Å². The molecule has 13 nitrogen and oxygen atoms in total. The Bertz CT molecular complexity index is 1160. The molecule has 0 aromatic carbocycles. The lowest BCUT2D eigenvalue weighted by atomic mass is 9.85. The molecule has 1 fully saturated rings. The fourth-order valence-electron chi connectivity index (χ4n) is 7.00. The molecule has 0 aliphatic heterocycles. The maximum absolute atomic E-state index is 12.8. The zero-order valence-electron chi connectivity index (χ0n) is 36.1. The van der Waals surface area contributed by atoms with Crippen molar-refractivity contribution in [1.82, 2.24) is 0 Å². The van der Waals surface area contributed by atoms with Gasteiger partial charge >= 0.3 is 19.8 Å². The molecule has 1 aliphatic carbocycles. The lowest BCUT2D eigenvalue weighted by Gasteiger charge is -2.41. The third-order valence-corrected chi connectivity index (χ3v) is 11.7. The third kappa shape index (κ3) is 28.3. The number of rotatable bonds is 38. The van der Waals surface area contributed by atoms with Gasteiger partial charge in [-0.2, -0.15) is 0 Å². The Labute approximate surface area is 355 Å². The molecule has 0 aromatic heterocycles. The van der Waals surface area contributed by atoms with Crippen molar-refractivity contribution in [2.45, 2.75) is 223 Å². The molecule has 0 amide bonds. The number of unbranched alkanes of at least 4 members (excludes halogenated alkanes) is 24. The molecule has 0 heterocycles. The minimum Gasteiger partial charge on any atom is -0.462 e. The molecule has 59 heavy (non-hydrogen) atoms. The second-order valence-corrected chi connectivity index (χ2v) is 17.5. The van der Waals surface area contributed by atoms with Crippen LogP contribution in [0, 0.1) is 0 Å². The zero-order valence-corrected chi connectivity index (χ0v) is 37.0. The van der Waals surface area contributed by atoms with Crippen LogP contribution < -0.4 is 0 Å². The molecular formula is C45H81O13P. The third-order valence-electron chi connectivity index (χ3n) is 10.7. The number of aliphatic hydroxyl groups is 5. The van der Waals surface area contributed by atoms with E-state index in [0.717, 1.165) is 51.0 Å². The molecule has 1 rings (SSSR count). The molecule has 6 unspecified atom stereocenters. The largest absolute Gasteiger partial charge is 0.472 e. The fourth-order valence-corrected chi connectivity index (χ4v) is 7.97. The lowest BCUT2D eigenvalue weighted by molar-refractivity contribution is -0.220. The van der Waals surface area contributed by atoms with Crippen LogP contribution in [0.15, 0.2) is 37.0 Å². The number of allylic oxidation sites excluding steroid dienone is 4. The maximum atomic E-state index is 12.8. The van der Waals surface area contributed by atoms with E-state index >= 15 is 0 Å². The van der Waals surface area contributed by atoms with Gasteiger partial charge in [-0.25, -0.2) is 9.36 Å². The van der Waals surface area contributed by atoms with Gasteiger partial charge in [-0.05, 0) is 32.1 Å². The van der Waals surface area contributed by atoms with E-state index in [0.29, 0.717) is 6.42 Å². The average Bonchev–Trinajstić information content (AvgIpc) is 3.21. The van der Waals surface area contributed by atoms with Gasteiger partial charge in [0.2, 0.25) is 0 Å². The number of aliphatic hydroxyl groups excluding tert-OH is 5. The monoisotopic (exact) mass is 861 g/mol. The summed E-state index contributed by atoms with van der Waals surface area (Å²) >= 11 is 0. The SMILES string of the molecule is C=CCCCCCCCCCCCCCCCC(=O)OC[C@H](COP(=O)(O)OC1C(O)C(O)C(O)[C@@H](O)C1O)OC(=O)/C=C/C=C/CCCCCCCCCCCCC. The van der Waals surface area contributed by atoms with Crippen molar-refractivity contribution >= 4 is 19.8 Å². The van der Waals surface area contributed by atoms with Crippen molar-refractivity contribution in [3.05, 3.63) is 37.0 Å². The van der Waals surface area contributed by atoms with Crippen molar-refractivity contribution < 1.29 is 63.1 Å². The van der Waals surface area contributed by atoms with E-state index in [1.54, 1.807) is 6.08 Å². The first-order valence-corrected chi connectivity index (χ1v) is 24.3. The molecule has 0 saturated heterocycles. The van der Waals surface area contributed by atoms with E-state index in [9.17, 15) is 44.6 Å². The lowest BCUT2D eigenvalue weighted by Crippen LogP contribution is -2.64. The molecular weight excluding hydrogens is 779 g/mol. The number of phosphoric ester groups is 1. The Hall–Kier alpha value is -1.93. The van der Waals surface area contributed by atoms with Crippen molar-refractivity contribution in [2.24, 2.45) is 0 Å². The molecule has 1 aliphatic rings. The van der Waals surface area contributed by atoms with Crippen LogP contribution in [0.2, 0.25) is 0 Å².